The molecule has 0 heterocycles. The maximum absolute atomic E-state index is 14.3. The van der Waals surface area contributed by atoms with Crippen LogP contribution in [0.25, 0.3) is 10.8 Å². The number of rotatable bonds is 13. The van der Waals surface area contributed by atoms with Crippen molar-refractivity contribution in [2.24, 2.45) is 0 Å². The van der Waals surface area contributed by atoms with Gasteiger partial charge in [-0.1, -0.05) is 121 Å². The van der Waals surface area contributed by atoms with E-state index in [1.54, 1.807) is 12.1 Å². The number of hydrogen-bond acceptors (Lipinski definition) is 4. The zero-order valence-corrected chi connectivity index (χ0v) is 25.7. The maximum Gasteiger partial charge on any atom is 0.326 e. The Morgan fingerprint density at radius 3 is 1.73 bits per heavy atom. The number of carboxylic acid groups (broad SMARTS) is 1. The van der Waals surface area contributed by atoms with Crippen molar-refractivity contribution in [3.63, 3.8) is 0 Å². The number of amides is 2. The Labute approximate surface area is 269 Å². The van der Waals surface area contributed by atoms with Gasteiger partial charge in [-0.3, -0.25) is 9.59 Å². The Balaban J connectivity index is 1.48. The number of carbonyl (C=O) groups is 3. The second-order valence-corrected chi connectivity index (χ2v) is 11.8. The van der Waals surface area contributed by atoms with Gasteiger partial charge in [-0.25, -0.2) is 4.79 Å². The van der Waals surface area contributed by atoms with Gasteiger partial charge >= 0.3 is 5.97 Å². The van der Waals surface area contributed by atoms with E-state index in [-0.39, 0.29) is 18.9 Å². The Hall–Kier alpha value is -4.88. The topological polar surface area (TPSA) is 86.7 Å². The van der Waals surface area contributed by atoms with E-state index in [0.717, 1.165) is 27.5 Å². The first-order valence-corrected chi connectivity index (χ1v) is 15.5. The summed E-state index contributed by atoms with van der Waals surface area (Å²) in [6.07, 6.45) is 0.946. The molecule has 7 heteroatoms. The molecule has 0 saturated carbocycles. The molecule has 45 heavy (non-hydrogen) atoms. The van der Waals surface area contributed by atoms with Crippen molar-refractivity contribution in [3.8, 4) is 0 Å². The lowest BCUT2D eigenvalue weighted by atomic mass is 9.99. The molecular weight excluding hydrogens is 580 g/mol. The normalized spacial score (nSPS) is 13.0. The van der Waals surface area contributed by atoms with E-state index >= 15 is 0 Å². The van der Waals surface area contributed by atoms with Gasteiger partial charge in [0.2, 0.25) is 5.91 Å². The number of nitrogens with one attached hydrogen (secondary N) is 1. The van der Waals surface area contributed by atoms with E-state index in [4.69, 9.17) is 0 Å². The van der Waals surface area contributed by atoms with Crippen LogP contribution >= 0.6 is 12.6 Å². The van der Waals surface area contributed by atoms with Crippen LogP contribution in [-0.2, 0) is 28.9 Å². The van der Waals surface area contributed by atoms with Crippen molar-refractivity contribution in [2.45, 2.75) is 36.6 Å². The van der Waals surface area contributed by atoms with Crippen LogP contribution in [0.4, 0.5) is 0 Å². The van der Waals surface area contributed by atoms with Crippen LogP contribution in [0.15, 0.2) is 133 Å². The molecule has 5 aromatic rings. The summed E-state index contributed by atoms with van der Waals surface area (Å²) in [5.41, 5.74) is 3.11. The molecule has 0 aliphatic rings. The van der Waals surface area contributed by atoms with Crippen LogP contribution in [0.3, 0.4) is 0 Å². The first kappa shape index (κ1) is 31.5. The number of aliphatic carboxylic acids is 1. The summed E-state index contributed by atoms with van der Waals surface area (Å²) in [5.74, 6) is -1.81. The zero-order chi connectivity index (χ0) is 31.6. The molecule has 2 unspecified atom stereocenters. The third-order valence-electron chi connectivity index (χ3n) is 7.85. The first-order valence-electron chi connectivity index (χ1n) is 15.0. The van der Waals surface area contributed by atoms with Crippen LogP contribution in [0.1, 0.15) is 27.0 Å². The highest BCUT2D eigenvalue weighted by atomic mass is 32.1. The maximum atomic E-state index is 14.3. The Morgan fingerprint density at radius 2 is 1.16 bits per heavy atom. The van der Waals surface area contributed by atoms with Gasteiger partial charge in [-0.2, -0.15) is 12.6 Å². The standard InChI is InChI=1S/C38H36N2O4S/c41-36(35(45)24-29-16-8-3-9-17-29)39-33(22-27-12-4-1-5-13-27)26-40(34(38(43)44)23-28-14-6-2-7-15-28)37(42)32-21-20-30-18-10-11-19-31(30)25-32/h1-21,25,33-35,45H,22-24,26H2,(H,39,41)(H,43,44)/t33?,34-,35?/m0/s1. The van der Waals surface area contributed by atoms with Gasteiger partial charge in [-0.05, 0) is 52.4 Å². The Morgan fingerprint density at radius 1 is 0.644 bits per heavy atom. The van der Waals surface area contributed by atoms with Crippen molar-refractivity contribution < 1.29 is 19.5 Å². The summed E-state index contributed by atoms with van der Waals surface area (Å²) >= 11 is 4.61. The first-order chi connectivity index (χ1) is 21.9. The molecule has 0 aromatic heterocycles. The highest BCUT2D eigenvalue weighted by Gasteiger charge is 2.33. The summed E-state index contributed by atoms with van der Waals surface area (Å²) in [5, 5.41) is 14.9. The van der Waals surface area contributed by atoms with Gasteiger partial charge in [0.15, 0.2) is 0 Å². The van der Waals surface area contributed by atoms with Crippen LogP contribution in [0.2, 0.25) is 0 Å². The number of carbonyl (C=O) groups excluding carboxylic acids is 2. The van der Waals surface area contributed by atoms with Gasteiger partial charge < -0.3 is 15.3 Å². The summed E-state index contributed by atoms with van der Waals surface area (Å²) < 4.78 is 0. The predicted molar refractivity (Wildman–Crippen MR) is 182 cm³/mol. The van der Waals surface area contributed by atoms with Crippen molar-refractivity contribution in [1.29, 1.82) is 0 Å². The minimum Gasteiger partial charge on any atom is -0.480 e. The number of thiol groups is 1. The smallest absolute Gasteiger partial charge is 0.326 e. The second kappa shape index (κ2) is 15.2. The molecule has 5 rings (SSSR count). The van der Waals surface area contributed by atoms with Gasteiger partial charge in [0, 0.05) is 18.5 Å². The number of hydrogen-bond donors (Lipinski definition) is 3. The van der Waals surface area contributed by atoms with E-state index in [0.29, 0.717) is 18.4 Å². The van der Waals surface area contributed by atoms with Gasteiger partial charge in [0.25, 0.3) is 5.91 Å². The van der Waals surface area contributed by atoms with Crippen LogP contribution in [-0.4, -0.2) is 51.7 Å². The van der Waals surface area contributed by atoms with Crippen LogP contribution < -0.4 is 5.32 Å². The molecule has 228 valence electrons. The largest absolute Gasteiger partial charge is 0.480 e. The molecule has 0 aliphatic carbocycles. The summed E-state index contributed by atoms with van der Waals surface area (Å²) in [4.78, 5) is 42.1. The third kappa shape index (κ3) is 8.61. The molecule has 0 radical (unpaired) electrons. The molecule has 0 bridgehead atoms. The minimum absolute atomic E-state index is 0.0120. The summed E-state index contributed by atoms with van der Waals surface area (Å²) in [6.45, 7) is -0.0120. The predicted octanol–water partition coefficient (Wildman–Crippen LogP) is 6.25. The molecule has 6 nitrogen and oxygen atoms in total. The SMILES string of the molecule is O=C(NC(Cc1ccccc1)CN(C(=O)c1ccc2ccccc2c1)[C@@H](Cc1ccccc1)C(=O)O)C(S)Cc1ccccc1. The average molecular weight is 617 g/mol. The second-order valence-electron chi connectivity index (χ2n) is 11.2. The van der Waals surface area contributed by atoms with E-state index in [9.17, 15) is 19.5 Å². The van der Waals surface area contributed by atoms with E-state index in [1.807, 2.05) is 121 Å². The quantitative estimate of drug-likeness (QED) is 0.137. The molecule has 5 aromatic carbocycles. The van der Waals surface area contributed by atoms with Gasteiger partial charge in [-0.15, -0.1) is 0 Å². The van der Waals surface area contributed by atoms with Crippen LogP contribution in [0, 0.1) is 0 Å². The lowest BCUT2D eigenvalue weighted by Gasteiger charge is -2.33. The lowest BCUT2D eigenvalue weighted by Crippen LogP contribution is -2.54. The van der Waals surface area contributed by atoms with Crippen molar-refractivity contribution in [2.75, 3.05) is 6.54 Å². The summed E-state index contributed by atoms with van der Waals surface area (Å²) in [7, 11) is 0. The molecule has 0 aliphatic heterocycles. The van der Waals surface area contributed by atoms with Gasteiger partial charge in [0.05, 0.1) is 11.3 Å². The molecule has 2 amide bonds. The number of benzene rings is 5. The summed E-state index contributed by atoms with van der Waals surface area (Å²) in [6, 6.07) is 39.9. The highest BCUT2D eigenvalue weighted by Crippen LogP contribution is 2.21. The fraction of sp³-hybridized carbons (Fsp3) is 0.184. The Bertz CT molecular complexity index is 1730. The molecule has 0 fully saturated rings. The molecular formula is C38H36N2O4S. The van der Waals surface area contributed by atoms with Crippen molar-refractivity contribution in [1.82, 2.24) is 10.2 Å². The van der Waals surface area contributed by atoms with Crippen molar-refractivity contribution >= 4 is 41.2 Å². The fourth-order valence-electron chi connectivity index (χ4n) is 5.53. The molecule has 3 atom stereocenters. The van der Waals surface area contributed by atoms with Crippen molar-refractivity contribution in [3.05, 3.63) is 156 Å². The van der Waals surface area contributed by atoms with E-state index in [2.05, 4.69) is 17.9 Å². The third-order valence-corrected chi connectivity index (χ3v) is 8.27. The number of carboxylic acids is 1. The zero-order valence-electron chi connectivity index (χ0n) is 24.8. The molecule has 0 spiro atoms. The highest BCUT2D eigenvalue weighted by molar-refractivity contribution is 7.81. The van der Waals surface area contributed by atoms with E-state index < -0.39 is 29.2 Å². The minimum atomic E-state index is -1.17. The fourth-order valence-corrected chi connectivity index (χ4v) is 5.82. The number of nitrogens with zero attached hydrogens (tertiary/aromatic N) is 1. The average Bonchev–Trinajstić information content (AvgIpc) is 3.07. The van der Waals surface area contributed by atoms with Crippen LogP contribution in [0.5, 0.6) is 0 Å². The monoisotopic (exact) mass is 616 g/mol. The molecule has 2 N–H and O–H groups in total. The lowest BCUT2D eigenvalue weighted by molar-refractivity contribution is -0.142. The molecule has 0 saturated heterocycles. The van der Waals surface area contributed by atoms with Gasteiger partial charge in [0.1, 0.15) is 6.04 Å². The van der Waals surface area contributed by atoms with E-state index in [1.165, 1.54) is 4.90 Å². The number of fused-ring (bicyclic) bond motifs is 1. The Kier molecular flexibility index (Phi) is 10.7.